The monoisotopic (exact) mass is 483 g/mol. The van der Waals surface area contributed by atoms with Gasteiger partial charge < -0.3 is 24.6 Å². The van der Waals surface area contributed by atoms with Crippen molar-refractivity contribution in [3.8, 4) is 17.2 Å². The van der Waals surface area contributed by atoms with Gasteiger partial charge >= 0.3 is 5.97 Å². The summed E-state index contributed by atoms with van der Waals surface area (Å²) < 4.78 is 44.5. The van der Waals surface area contributed by atoms with E-state index in [0.29, 0.717) is 13.0 Å². The highest BCUT2D eigenvalue weighted by molar-refractivity contribution is 5.68. The second kappa shape index (κ2) is 10.7. The second-order valence-electron chi connectivity index (χ2n) is 8.46. The van der Waals surface area contributed by atoms with E-state index in [1.54, 1.807) is 24.3 Å². The molecule has 1 heterocycles. The maximum atomic E-state index is 14.2. The molecule has 6 nitrogen and oxygen atoms in total. The molecule has 0 spiro atoms. The summed E-state index contributed by atoms with van der Waals surface area (Å²) in [4.78, 5) is 10.9. The number of rotatable bonds is 9. The second-order valence-corrected chi connectivity index (χ2v) is 8.46. The number of hydrogen-bond donors (Lipinski definition) is 2. The van der Waals surface area contributed by atoms with Crippen LogP contribution in [0.2, 0.25) is 0 Å². The van der Waals surface area contributed by atoms with Gasteiger partial charge in [-0.05, 0) is 54.8 Å². The molecule has 3 atom stereocenters. The van der Waals surface area contributed by atoms with Crippen molar-refractivity contribution in [1.82, 2.24) is 5.32 Å². The predicted molar refractivity (Wildman–Crippen MR) is 126 cm³/mol. The SMILES string of the molecule is COc1cc(C(C)NCC2CC(c3ccc(F)c(OCC(=O)O)c3)c3ccccc3O2)ccc1F. The molecular formula is C27H27F2NO5. The fourth-order valence-electron chi connectivity index (χ4n) is 4.29. The molecule has 0 aromatic heterocycles. The van der Waals surface area contributed by atoms with Crippen molar-refractivity contribution in [2.24, 2.45) is 0 Å². The number of fused-ring (bicyclic) bond motifs is 1. The average Bonchev–Trinajstić information content (AvgIpc) is 2.86. The molecule has 0 saturated heterocycles. The first-order chi connectivity index (χ1) is 16.9. The van der Waals surface area contributed by atoms with Crippen LogP contribution in [0.15, 0.2) is 60.7 Å². The lowest BCUT2D eigenvalue weighted by Gasteiger charge is -2.33. The van der Waals surface area contributed by atoms with Crippen LogP contribution >= 0.6 is 0 Å². The van der Waals surface area contributed by atoms with Gasteiger partial charge in [0.25, 0.3) is 0 Å². The first kappa shape index (κ1) is 24.5. The quantitative estimate of drug-likeness (QED) is 0.443. The van der Waals surface area contributed by atoms with E-state index in [0.717, 1.165) is 22.4 Å². The Labute approximate surface area is 202 Å². The molecule has 4 rings (SSSR count). The summed E-state index contributed by atoms with van der Waals surface area (Å²) >= 11 is 0. The van der Waals surface area contributed by atoms with Crippen LogP contribution in [-0.2, 0) is 4.79 Å². The van der Waals surface area contributed by atoms with Crippen LogP contribution in [0.25, 0.3) is 0 Å². The summed E-state index contributed by atoms with van der Waals surface area (Å²) in [6.45, 7) is 1.88. The molecule has 3 unspecified atom stereocenters. The highest BCUT2D eigenvalue weighted by Gasteiger charge is 2.30. The summed E-state index contributed by atoms with van der Waals surface area (Å²) in [7, 11) is 1.43. The third-order valence-electron chi connectivity index (χ3n) is 6.12. The van der Waals surface area contributed by atoms with Gasteiger partial charge in [0.15, 0.2) is 29.7 Å². The molecule has 3 aromatic rings. The van der Waals surface area contributed by atoms with E-state index in [4.69, 9.17) is 19.3 Å². The van der Waals surface area contributed by atoms with Crippen LogP contribution in [-0.4, -0.2) is 37.4 Å². The molecular weight excluding hydrogens is 456 g/mol. The Morgan fingerprint density at radius 1 is 1.11 bits per heavy atom. The van der Waals surface area contributed by atoms with E-state index in [9.17, 15) is 13.6 Å². The molecule has 35 heavy (non-hydrogen) atoms. The van der Waals surface area contributed by atoms with Crippen LogP contribution in [0.3, 0.4) is 0 Å². The van der Waals surface area contributed by atoms with Crippen LogP contribution in [0.1, 0.15) is 42.0 Å². The summed E-state index contributed by atoms with van der Waals surface area (Å²) in [6.07, 6.45) is 0.432. The minimum absolute atomic E-state index is 0.0782. The third kappa shape index (κ3) is 5.71. The highest BCUT2D eigenvalue weighted by Crippen LogP contribution is 2.41. The first-order valence-corrected chi connectivity index (χ1v) is 11.3. The van der Waals surface area contributed by atoms with Crippen molar-refractivity contribution < 1.29 is 32.9 Å². The van der Waals surface area contributed by atoms with Crippen LogP contribution in [0, 0.1) is 11.6 Å². The number of ether oxygens (including phenoxy) is 3. The van der Waals surface area contributed by atoms with Gasteiger partial charge in [-0.1, -0.05) is 30.3 Å². The van der Waals surface area contributed by atoms with Gasteiger partial charge in [0.2, 0.25) is 0 Å². The summed E-state index contributed by atoms with van der Waals surface area (Å²) in [5, 5.41) is 12.3. The number of carbonyl (C=O) groups is 1. The molecule has 0 fully saturated rings. The summed E-state index contributed by atoms with van der Waals surface area (Å²) in [5.41, 5.74) is 2.66. The van der Waals surface area contributed by atoms with Gasteiger partial charge in [0, 0.05) is 24.1 Å². The molecule has 0 saturated carbocycles. The van der Waals surface area contributed by atoms with Gasteiger partial charge in [-0.25, -0.2) is 13.6 Å². The van der Waals surface area contributed by atoms with E-state index in [2.05, 4.69) is 5.32 Å². The molecule has 0 bridgehead atoms. The Kier molecular flexibility index (Phi) is 7.51. The maximum absolute atomic E-state index is 14.2. The lowest BCUT2D eigenvalue weighted by Crippen LogP contribution is -2.37. The Bertz CT molecular complexity index is 1200. The Morgan fingerprint density at radius 3 is 2.63 bits per heavy atom. The fourth-order valence-corrected chi connectivity index (χ4v) is 4.29. The Hall–Kier alpha value is -3.65. The predicted octanol–water partition coefficient (Wildman–Crippen LogP) is 5.07. The van der Waals surface area contributed by atoms with Gasteiger partial charge in [0.05, 0.1) is 7.11 Å². The third-order valence-corrected chi connectivity index (χ3v) is 6.12. The van der Waals surface area contributed by atoms with E-state index in [-0.39, 0.29) is 29.6 Å². The Morgan fingerprint density at radius 2 is 1.86 bits per heavy atom. The van der Waals surface area contributed by atoms with Crippen LogP contribution < -0.4 is 19.5 Å². The van der Waals surface area contributed by atoms with E-state index in [1.807, 2.05) is 31.2 Å². The van der Waals surface area contributed by atoms with Crippen molar-refractivity contribution in [2.75, 3.05) is 20.3 Å². The van der Waals surface area contributed by atoms with Gasteiger partial charge in [-0.3, -0.25) is 0 Å². The van der Waals surface area contributed by atoms with Crippen LogP contribution in [0.5, 0.6) is 17.2 Å². The summed E-state index contributed by atoms with van der Waals surface area (Å²) in [5.74, 6) is -1.46. The smallest absolute Gasteiger partial charge is 0.341 e. The molecule has 3 aromatic carbocycles. The molecule has 2 N–H and O–H groups in total. The molecule has 8 heteroatoms. The van der Waals surface area contributed by atoms with Crippen molar-refractivity contribution in [1.29, 1.82) is 0 Å². The summed E-state index contributed by atoms with van der Waals surface area (Å²) in [6, 6.07) is 16.9. The van der Waals surface area contributed by atoms with E-state index >= 15 is 0 Å². The molecule has 184 valence electrons. The number of nitrogens with one attached hydrogen (secondary N) is 1. The number of para-hydroxylation sites is 1. The normalized spacial score (nSPS) is 17.7. The zero-order chi connectivity index (χ0) is 24.9. The van der Waals surface area contributed by atoms with Gasteiger partial charge in [-0.2, -0.15) is 0 Å². The average molecular weight is 484 g/mol. The Balaban J connectivity index is 1.52. The highest BCUT2D eigenvalue weighted by atomic mass is 19.1. The standard InChI is InChI=1S/C27H27F2NO5/c1-16(17-7-9-22(28)25(11-17)33-2)30-14-19-13-21(20-5-3-4-6-24(20)35-19)18-8-10-23(29)26(12-18)34-15-27(31)32/h3-12,16,19,21,30H,13-15H2,1-2H3,(H,31,32). The van der Waals surface area contributed by atoms with Crippen LogP contribution in [0.4, 0.5) is 8.78 Å². The van der Waals surface area contributed by atoms with Crippen molar-refractivity contribution in [3.63, 3.8) is 0 Å². The van der Waals surface area contributed by atoms with Crippen molar-refractivity contribution in [3.05, 3.63) is 89.0 Å². The lowest BCUT2D eigenvalue weighted by molar-refractivity contribution is -0.139. The maximum Gasteiger partial charge on any atom is 0.341 e. The fraction of sp³-hybridized carbons (Fsp3) is 0.296. The topological polar surface area (TPSA) is 77.0 Å². The number of aliphatic carboxylic acids is 1. The largest absolute Gasteiger partial charge is 0.494 e. The van der Waals surface area contributed by atoms with Crippen molar-refractivity contribution >= 4 is 5.97 Å². The number of benzene rings is 3. The molecule has 1 aliphatic rings. The minimum atomic E-state index is -1.18. The lowest BCUT2D eigenvalue weighted by atomic mass is 9.84. The van der Waals surface area contributed by atoms with Gasteiger partial charge in [-0.15, -0.1) is 0 Å². The van der Waals surface area contributed by atoms with E-state index < -0.39 is 24.2 Å². The first-order valence-electron chi connectivity index (χ1n) is 11.3. The minimum Gasteiger partial charge on any atom is -0.494 e. The number of carboxylic acid groups (broad SMARTS) is 1. The molecule has 0 radical (unpaired) electrons. The number of carboxylic acids is 1. The van der Waals surface area contributed by atoms with Gasteiger partial charge in [0.1, 0.15) is 11.9 Å². The molecule has 0 aliphatic carbocycles. The number of hydrogen-bond acceptors (Lipinski definition) is 5. The molecule has 1 aliphatic heterocycles. The molecule has 0 amide bonds. The van der Waals surface area contributed by atoms with Crippen molar-refractivity contribution in [2.45, 2.75) is 31.4 Å². The zero-order valence-corrected chi connectivity index (χ0v) is 19.5. The zero-order valence-electron chi connectivity index (χ0n) is 19.5. The number of methoxy groups -OCH3 is 1. The number of halogens is 2. The van der Waals surface area contributed by atoms with E-state index in [1.165, 1.54) is 19.2 Å².